The van der Waals surface area contributed by atoms with E-state index in [1.807, 2.05) is 61.8 Å². The molecule has 26 heavy (non-hydrogen) atoms. The van der Waals surface area contributed by atoms with Crippen LogP contribution in [-0.4, -0.2) is 21.9 Å². The summed E-state index contributed by atoms with van der Waals surface area (Å²) in [6.07, 6.45) is 0. The number of aromatic amines is 1. The maximum Gasteiger partial charge on any atom is 0.260 e. The van der Waals surface area contributed by atoms with Gasteiger partial charge in [0.05, 0.1) is 18.5 Å². The maximum absolute atomic E-state index is 12.7. The van der Waals surface area contributed by atoms with Crippen molar-refractivity contribution in [3.63, 3.8) is 0 Å². The van der Waals surface area contributed by atoms with Crippen molar-refractivity contribution in [1.82, 2.24) is 14.9 Å². The Hall–Kier alpha value is -2.70. The lowest BCUT2D eigenvalue weighted by Crippen LogP contribution is -2.21. The number of aromatic nitrogens is 2. The molecule has 0 fully saturated rings. The minimum atomic E-state index is -0.0904. The third kappa shape index (κ3) is 3.34. The lowest BCUT2D eigenvalue weighted by molar-refractivity contribution is 0.279. The highest BCUT2D eigenvalue weighted by atomic mass is 32.1. The van der Waals surface area contributed by atoms with Gasteiger partial charge in [-0.2, -0.15) is 0 Å². The maximum atomic E-state index is 12.7. The van der Waals surface area contributed by atoms with Gasteiger partial charge >= 0.3 is 0 Å². The summed E-state index contributed by atoms with van der Waals surface area (Å²) in [5.74, 6) is 2.46. The van der Waals surface area contributed by atoms with Crippen molar-refractivity contribution in [2.45, 2.75) is 20.0 Å². The quantitative estimate of drug-likeness (QED) is 0.576. The van der Waals surface area contributed by atoms with Crippen LogP contribution in [0.1, 0.15) is 17.3 Å². The molecule has 0 aliphatic rings. The second-order valence-electron chi connectivity index (χ2n) is 6.39. The van der Waals surface area contributed by atoms with Crippen molar-refractivity contribution >= 4 is 21.6 Å². The van der Waals surface area contributed by atoms with Gasteiger partial charge < -0.3 is 9.40 Å². The predicted molar refractivity (Wildman–Crippen MR) is 104 cm³/mol. The van der Waals surface area contributed by atoms with E-state index in [9.17, 15) is 4.79 Å². The monoisotopic (exact) mass is 365 g/mol. The summed E-state index contributed by atoms with van der Waals surface area (Å²) in [6.45, 7) is 3.14. The Morgan fingerprint density at radius 1 is 1.15 bits per heavy atom. The van der Waals surface area contributed by atoms with Gasteiger partial charge in [0.2, 0.25) is 0 Å². The van der Waals surface area contributed by atoms with Crippen molar-refractivity contribution in [3.8, 4) is 11.1 Å². The van der Waals surface area contributed by atoms with Crippen LogP contribution < -0.4 is 5.56 Å². The predicted octanol–water partition coefficient (Wildman–Crippen LogP) is 4.19. The van der Waals surface area contributed by atoms with Crippen LogP contribution >= 0.6 is 11.3 Å². The fourth-order valence-corrected chi connectivity index (χ4v) is 4.01. The highest BCUT2D eigenvalue weighted by Crippen LogP contribution is 2.30. The number of H-pyrrole nitrogens is 1. The summed E-state index contributed by atoms with van der Waals surface area (Å²) in [5, 5.41) is 2.66. The van der Waals surface area contributed by atoms with E-state index in [4.69, 9.17) is 4.42 Å². The molecule has 0 aliphatic heterocycles. The summed E-state index contributed by atoms with van der Waals surface area (Å²) in [4.78, 5) is 23.1. The molecule has 0 saturated carbocycles. The summed E-state index contributed by atoms with van der Waals surface area (Å²) >= 11 is 1.50. The number of aryl methyl sites for hydroxylation is 1. The van der Waals surface area contributed by atoms with Crippen LogP contribution in [0.15, 0.2) is 57.1 Å². The van der Waals surface area contributed by atoms with Gasteiger partial charge in [-0.25, -0.2) is 4.98 Å². The van der Waals surface area contributed by atoms with Gasteiger partial charge in [-0.1, -0.05) is 30.3 Å². The number of rotatable bonds is 5. The number of fused-ring (bicyclic) bond motifs is 1. The molecular formula is C20H19N3O2S. The molecule has 5 nitrogen and oxygen atoms in total. The zero-order chi connectivity index (χ0) is 18.1. The van der Waals surface area contributed by atoms with Gasteiger partial charge in [0.15, 0.2) is 0 Å². The van der Waals surface area contributed by atoms with E-state index >= 15 is 0 Å². The van der Waals surface area contributed by atoms with Crippen LogP contribution in [0, 0.1) is 6.92 Å². The van der Waals surface area contributed by atoms with E-state index in [1.54, 1.807) is 0 Å². The fourth-order valence-electron chi connectivity index (χ4n) is 3.05. The van der Waals surface area contributed by atoms with Gasteiger partial charge in [0.25, 0.3) is 5.56 Å². The van der Waals surface area contributed by atoms with Gasteiger partial charge in [-0.05, 0) is 31.7 Å². The largest absolute Gasteiger partial charge is 0.465 e. The first kappa shape index (κ1) is 16.8. The summed E-state index contributed by atoms with van der Waals surface area (Å²) in [5.41, 5.74) is 1.88. The summed E-state index contributed by atoms with van der Waals surface area (Å²) in [6, 6.07) is 13.8. The average molecular weight is 365 g/mol. The molecule has 1 aromatic carbocycles. The standard InChI is InChI=1S/C20H19N3O2S/c1-13-8-9-15(25-13)10-23(2)11-17-21-19(24)18-16(12-26-20(18)22-17)14-6-4-3-5-7-14/h3-9,12H,10-11H2,1-2H3,(H,21,22,24). The average Bonchev–Trinajstić information content (AvgIpc) is 3.22. The molecule has 1 N–H and O–H groups in total. The Morgan fingerprint density at radius 2 is 1.96 bits per heavy atom. The molecule has 3 heterocycles. The number of nitrogens with zero attached hydrogens (tertiary/aromatic N) is 2. The molecule has 0 spiro atoms. The molecule has 6 heteroatoms. The van der Waals surface area contributed by atoms with Crippen LogP contribution in [0.5, 0.6) is 0 Å². The van der Waals surface area contributed by atoms with Crippen LogP contribution in [0.25, 0.3) is 21.3 Å². The van der Waals surface area contributed by atoms with Gasteiger partial charge in [0.1, 0.15) is 22.2 Å². The normalized spacial score (nSPS) is 11.5. The Kier molecular flexibility index (Phi) is 4.44. The number of hydrogen-bond donors (Lipinski definition) is 1. The third-order valence-electron chi connectivity index (χ3n) is 4.22. The zero-order valence-corrected chi connectivity index (χ0v) is 15.5. The topological polar surface area (TPSA) is 62.1 Å². The SMILES string of the molecule is Cc1ccc(CN(C)Cc2nc3scc(-c4ccccc4)c3c(=O)[nH]2)o1. The van der Waals surface area contributed by atoms with E-state index in [2.05, 4.69) is 14.9 Å². The van der Waals surface area contributed by atoms with Gasteiger partial charge in [-0.3, -0.25) is 9.69 Å². The van der Waals surface area contributed by atoms with Crippen LogP contribution in [0.3, 0.4) is 0 Å². The molecule has 132 valence electrons. The van der Waals surface area contributed by atoms with E-state index in [0.717, 1.165) is 27.5 Å². The molecule has 0 saturated heterocycles. The molecule has 0 aliphatic carbocycles. The van der Waals surface area contributed by atoms with E-state index in [-0.39, 0.29) is 5.56 Å². The Bertz CT molecular complexity index is 1100. The highest BCUT2D eigenvalue weighted by Gasteiger charge is 2.14. The van der Waals surface area contributed by atoms with Crippen LogP contribution in [0.4, 0.5) is 0 Å². The van der Waals surface area contributed by atoms with Crippen molar-refractivity contribution in [2.75, 3.05) is 7.05 Å². The molecule has 4 aromatic rings. The first-order valence-corrected chi connectivity index (χ1v) is 9.28. The third-order valence-corrected chi connectivity index (χ3v) is 5.09. The molecule has 4 rings (SSSR count). The number of hydrogen-bond acceptors (Lipinski definition) is 5. The van der Waals surface area contributed by atoms with Gasteiger partial charge in [0, 0.05) is 10.9 Å². The van der Waals surface area contributed by atoms with Gasteiger partial charge in [-0.15, -0.1) is 11.3 Å². The van der Waals surface area contributed by atoms with Crippen molar-refractivity contribution in [2.24, 2.45) is 0 Å². The zero-order valence-electron chi connectivity index (χ0n) is 14.7. The van der Waals surface area contributed by atoms with E-state index in [0.29, 0.717) is 24.3 Å². The molecule has 0 radical (unpaired) electrons. The number of furan rings is 1. The van der Waals surface area contributed by atoms with E-state index in [1.165, 1.54) is 11.3 Å². The lowest BCUT2D eigenvalue weighted by atomic mass is 10.1. The smallest absolute Gasteiger partial charge is 0.260 e. The molecule has 0 amide bonds. The molecule has 0 bridgehead atoms. The van der Waals surface area contributed by atoms with Crippen molar-refractivity contribution < 1.29 is 4.42 Å². The highest BCUT2D eigenvalue weighted by molar-refractivity contribution is 7.17. The second-order valence-corrected chi connectivity index (χ2v) is 7.25. The van der Waals surface area contributed by atoms with Crippen LogP contribution in [-0.2, 0) is 13.1 Å². The van der Waals surface area contributed by atoms with Crippen LogP contribution in [0.2, 0.25) is 0 Å². The Labute approximate surface area is 154 Å². The van der Waals surface area contributed by atoms with Crippen molar-refractivity contribution in [3.05, 3.63) is 75.5 Å². The fraction of sp³-hybridized carbons (Fsp3) is 0.200. The first-order chi connectivity index (χ1) is 12.6. The second kappa shape index (κ2) is 6.90. The Balaban J connectivity index is 1.61. The molecular weight excluding hydrogens is 346 g/mol. The summed E-state index contributed by atoms with van der Waals surface area (Å²) in [7, 11) is 1.98. The Morgan fingerprint density at radius 3 is 2.69 bits per heavy atom. The molecule has 0 unspecified atom stereocenters. The summed E-state index contributed by atoms with van der Waals surface area (Å²) < 4.78 is 5.61. The minimum absolute atomic E-state index is 0.0904. The molecule has 0 atom stereocenters. The van der Waals surface area contributed by atoms with Crippen molar-refractivity contribution in [1.29, 1.82) is 0 Å². The minimum Gasteiger partial charge on any atom is -0.465 e. The van der Waals surface area contributed by atoms with E-state index < -0.39 is 0 Å². The molecule has 3 aromatic heterocycles. The first-order valence-electron chi connectivity index (χ1n) is 8.40. The lowest BCUT2D eigenvalue weighted by Gasteiger charge is -2.14. The number of benzene rings is 1. The number of nitrogens with one attached hydrogen (secondary N) is 1. The number of thiophene rings is 1.